The van der Waals surface area contributed by atoms with E-state index < -0.39 is 0 Å². The number of H-pyrrole nitrogens is 1. The second-order valence-corrected chi connectivity index (χ2v) is 6.09. The van der Waals surface area contributed by atoms with Crippen LogP contribution in [0.4, 0.5) is 5.82 Å². The van der Waals surface area contributed by atoms with Crippen molar-refractivity contribution < 1.29 is 0 Å². The zero-order valence-corrected chi connectivity index (χ0v) is 13.6. The average Bonchev–Trinajstić information content (AvgIpc) is 2.90. The summed E-state index contributed by atoms with van der Waals surface area (Å²) in [5.41, 5.74) is 3.44. The Morgan fingerprint density at radius 1 is 1.23 bits per heavy atom. The van der Waals surface area contributed by atoms with Crippen LogP contribution in [0.1, 0.15) is 35.6 Å². The van der Waals surface area contributed by atoms with Crippen LogP contribution in [0.3, 0.4) is 0 Å². The summed E-state index contributed by atoms with van der Waals surface area (Å²) in [4.78, 5) is 11.3. The fraction of sp³-hybridized carbons (Fsp3) is 0.562. The quantitative estimate of drug-likeness (QED) is 0.902. The Morgan fingerprint density at radius 2 is 2.00 bits per heavy atom. The Balaban J connectivity index is 1.53. The molecule has 1 fully saturated rings. The zero-order chi connectivity index (χ0) is 15.5. The van der Waals surface area contributed by atoms with Crippen LogP contribution in [-0.2, 0) is 6.54 Å². The highest BCUT2D eigenvalue weighted by molar-refractivity contribution is 5.40. The van der Waals surface area contributed by atoms with Gasteiger partial charge in [0.15, 0.2) is 0 Å². The number of aryl methyl sites for hydroxylation is 3. The van der Waals surface area contributed by atoms with Crippen LogP contribution >= 0.6 is 0 Å². The van der Waals surface area contributed by atoms with Gasteiger partial charge in [-0.2, -0.15) is 5.10 Å². The van der Waals surface area contributed by atoms with Crippen LogP contribution in [0.15, 0.2) is 12.3 Å². The van der Waals surface area contributed by atoms with Crippen molar-refractivity contribution in [2.45, 2.75) is 46.2 Å². The zero-order valence-electron chi connectivity index (χ0n) is 13.6. The highest BCUT2D eigenvalue weighted by atomic mass is 15.2. The number of nitrogens with one attached hydrogen (secondary N) is 2. The molecule has 118 valence electrons. The van der Waals surface area contributed by atoms with Crippen molar-refractivity contribution in [2.24, 2.45) is 0 Å². The first-order chi connectivity index (χ1) is 10.6. The second kappa shape index (κ2) is 6.44. The van der Waals surface area contributed by atoms with Crippen molar-refractivity contribution in [2.75, 3.05) is 18.0 Å². The second-order valence-electron chi connectivity index (χ2n) is 6.09. The molecule has 0 aromatic carbocycles. The number of aromatic nitrogens is 4. The summed E-state index contributed by atoms with van der Waals surface area (Å²) in [6.45, 7) is 9.01. The van der Waals surface area contributed by atoms with E-state index in [1.54, 1.807) is 0 Å². The largest absolute Gasteiger partial charge is 0.356 e. The van der Waals surface area contributed by atoms with Gasteiger partial charge in [-0.1, -0.05) is 0 Å². The Hall–Kier alpha value is -1.95. The third kappa shape index (κ3) is 3.44. The smallest absolute Gasteiger partial charge is 0.132 e. The Kier molecular flexibility index (Phi) is 4.38. The van der Waals surface area contributed by atoms with E-state index in [0.717, 1.165) is 49.8 Å². The van der Waals surface area contributed by atoms with E-state index >= 15 is 0 Å². The first-order valence-corrected chi connectivity index (χ1v) is 7.91. The lowest BCUT2D eigenvalue weighted by Gasteiger charge is -2.33. The summed E-state index contributed by atoms with van der Waals surface area (Å²) in [5, 5.41) is 10.7. The molecule has 6 heteroatoms. The van der Waals surface area contributed by atoms with Crippen LogP contribution in [-0.4, -0.2) is 39.3 Å². The lowest BCUT2D eigenvalue weighted by atomic mass is 10.0. The van der Waals surface area contributed by atoms with Crippen molar-refractivity contribution >= 4 is 5.82 Å². The molecule has 1 aliphatic rings. The van der Waals surface area contributed by atoms with Gasteiger partial charge in [-0.25, -0.2) is 9.97 Å². The molecule has 22 heavy (non-hydrogen) atoms. The molecule has 0 atom stereocenters. The first-order valence-electron chi connectivity index (χ1n) is 7.91. The van der Waals surface area contributed by atoms with Gasteiger partial charge in [-0.3, -0.25) is 5.10 Å². The Labute approximate surface area is 131 Å². The van der Waals surface area contributed by atoms with Gasteiger partial charge >= 0.3 is 0 Å². The van der Waals surface area contributed by atoms with Crippen molar-refractivity contribution in [1.82, 2.24) is 25.5 Å². The lowest BCUT2D eigenvalue weighted by molar-refractivity contribution is 0.410. The molecule has 6 nitrogen and oxygen atoms in total. The molecular weight excluding hydrogens is 276 g/mol. The van der Waals surface area contributed by atoms with Gasteiger partial charge in [0.2, 0.25) is 0 Å². The maximum absolute atomic E-state index is 4.56. The number of nitrogens with zero attached hydrogens (tertiary/aromatic N) is 4. The molecule has 2 aromatic rings. The predicted molar refractivity (Wildman–Crippen MR) is 86.9 cm³/mol. The van der Waals surface area contributed by atoms with E-state index in [0.29, 0.717) is 6.04 Å². The summed E-state index contributed by atoms with van der Waals surface area (Å²) in [7, 11) is 0. The number of anilines is 1. The fourth-order valence-electron chi connectivity index (χ4n) is 2.97. The number of aromatic amines is 1. The maximum Gasteiger partial charge on any atom is 0.132 e. The normalized spacial score (nSPS) is 16.2. The van der Waals surface area contributed by atoms with Gasteiger partial charge < -0.3 is 10.2 Å². The molecular formula is C16H24N6. The van der Waals surface area contributed by atoms with Gasteiger partial charge in [0.25, 0.3) is 0 Å². The van der Waals surface area contributed by atoms with E-state index in [2.05, 4.69) is 43.4 Å². The van der Waals surface area contributed by atoms with Gasteiger partial charge in [-0.05, 0) is 39.2 Å². The summed E-state index contributed by atoms with van der Waals surface area (Å²) >= 11 is 0. The van der Waals surface area contributed by atoms with Crippen LogP contribution in [0, 0.1) is 20.8 Å². The molecule has 1 saturated heterocycles. The van der Waals surface area contributed by atoms with E-state index in [9.17, 15) is 0 Å². The van der Waals surface area contributed by atoms with Gasteiger partial charge in [0.1, 0.15) is 11.6 Å². The van der Waals surface area contributed by atoms with Crippen LogP contribution < -0.4 is 10.2 Å². The van der Waals surface area contributed by atoms with E-state index in [1.807, 2.05) is 20.0 Å². The molecule has 1 aliphatic heterocycles. The van der Waals surface area contributed by atoms with Crippen molar-refractivity contribution in [3.8, 4) is 0 Å². The molecule has 0 amide bonds. The summed E-state index contributed by atoms with van der Waals surface area (Å²) < 4.78 is 0. The molecule has 3 rings (SSSR count). The molecule has 0 spiro atoms. The number of hydrogen-bond acceptors (Lipinski definition) is 5. The number of hydrogen-bond donors (Lipinski definition) is 2. The SMILES string of the molecule is Cc1cc(N2CCC(NCc3[nH]ncc3C)CC2)nc(C)n1. The van der Waals surface area contributed by atoms with E-state index in [-0.39, 0.29) is 0 Å². The molecule has 2 N–H and O–H groups in total. The molecule has 0 aliphatic carbocycles. The highest BCUT2D eigenvalue weighted by Gasteiger charge is 2.20. The van der Waals surface area contributed by atoms with Gasteiger partial charge in [0.05, 0.1) is 11.9 Å². The monoisotopic (exact) mass is 300 g/mol. The minimum Gasteiger partial charge on any atom is -0.356 e. The molecule has 0 bridgehead atoms. The summed E-state index contributed by atoms with van der Waals surface area (Å²) in [5.74, 6) is 1.91. The van der Waals surface area contributed by atoms with E-state index in [4.69, 9.17) is 0 Å². The van der Waals surface area contributed by atoms with Crippen molar-refractivity contribution in [1.29, 1.82) is 0 Å². The number of rotatable bonds is 4. The summed E-state index contributed by atoms with van der Waals surface area (Å²) in [6.07, 6.45) is 4.14. The maximum atomic E-state index is 4.56. The van der Waals surface area contributed by atoms with Crippen molar-refractivity contribution in [3.63, 3.8) is 0 Å². The fourth-order valence-corrected chi connectivity index (χ4v) is 2.97. The van der Waals surface area contributed by atoms with Crippen LogP contribution in [0.2, 0.25) is 0 Å². The predicted octanol–water partition coefficient (Wildman–Crippen LogP) is 1.88. The molecule has 3 heterocycles. The Morgan fingerprint density at radius 3 is 2.64 bits per heavy atom. The highest BCUT2D eigenvalue weighted by Crippen LogP contribution is 2.19. The lowest BCUT2D eigenvalue weighted by Crippen LogP contribution is -2.42. The standard InChI is InChI=1S/C16H24N6/c1-11-9-18-21-15(11)10-17-14-4-6-22(7-5-14)16-8-12(2)19-13(3)20-16/h8-9,14,17H,4-7,10H2,1-3H3,(H,18,21). The molecule has 0 saturated carbocycles. The average molecular weight is 300 g/mol. The first kappa shape index (κ1) is 15.0. The van der Waals surface area contributed by atoms with Crippen LogP contribution in [0.5, 0.6) is 0 Å². The van der Waals surface area contributed by atoms with Gasteiger partial charge in [-0.15, -0.1) is 0 Å². The molecule has 0 radical (unpaired) electrons. The third-order valence-corrected chi connectivity index (χ3v) is 4.27. The minimum absolute atomic E-state index is 0.558. The Bertz CT molecular complexity index is 607. The molecule has 0 unspecified atom stereocenters. The van der Waals surface area contributed by atoms with Crippen LogP contribution in [0.25, 0.3) is 0 Å². The van der Waals surface area contributed by atoms with Gasteiger partial charge in [0, 0.05) is 37.4 Å². The van der Waals surface area contributed by atoms with Crippen molar-refractivity contribution in [3.05, 3.63) is 35.0 Å². The minimum atomic E-state index is 0.558. The third-order valence-electron chi connectivity index (χ3n) is 4.27. The topological polar surface area (TPSA) is 69.7 Å². The molecule has 2 aromatic heterocycles. The van der Waals surface area contributed by atoms with E-state index in [1.165, 1.54) is 11.3 Å². The number of piperidine rings is 1. The summed E-state index contributed by atoms with van der Waals surface area (Å²) in [6, 6.07) is 2.64.